The molecule has 0 fully saturated rings. The molecule has 18 heavy (non-hydrogen) atoms. The third-order valence-electron chi connectivity index (χ3n) is 2.84. The SMILES string of the molecule is Cc1ccc(Nc2snc(C)c2C(=O)O)cc1C. The smallest absolute Gasteiger partial charge is 0.340 e. The summed E-state index contributed by atoms with van der Waals surface area (Å²) in [5, 5.41) is 12.8. The molecule has 1 heterocycles. The Morgan fingerprint density at radius 3 is 2.61 bits per heavy atom. The van der Waals surface area contributed by atoms with Crippen LogP contribution in [0.1, 0.15) is 27.2 Å². The van der Waals surface area contributed by atoms with Crippen LogP contribution in [0.15, 0.2) is 18.2 Å². The first kappa shape index (κ1) is 12.6. The summed E-state index contributed by atoms with van der Waals surface area (Å²) in [5.41, 5.74) is 4.04. The van der Waals surface area contributed by atoms with Gasteiger partial charge in [0.1, 0.15) is 10.6 Å². The van der Waals surface area contributed by atoms with Crippen molar-refractivity contribution in [3.63, 3.8) is 0 Å². The minimum atomic E-state index is -0.951. The van der Waals surface area contributed by atoms with Crippen molar-refractivity contribution in [1.82, 2.24) is 4.37 Å². The second kappa shape index (κ2) is 4.78. The van der Waals surface area contributed by atoms with E-state index in [-0.39, 0.29) is 5.56 Å². The molecule has 5 heteroatoms. The fraction of sp³-hybridized carbons (Fsp3) is 0.231. The Morgan fingerprint density at radius 2 is 2.00 bits per heavy atom. The number of benzene rings is 1. The Hall–Kier alpha value is -1.88. The minimum Gasteiger partial charge on any atom is -0.478 e. The first-order valence-corrected chi connectivity index (χ1v) is 6.30. The summed E-state index contributed by atoms with van der Waals surface area (Å²) >= 11 is 1.17. The molecule has 1 aromatic heterocycles. The summed E-state index contributed by atoms with van der Waals surface area (Å²) in [6, 6.07) is 5.94. The topological polar surface area (TPSA) is 62.2 Å². The molecule has 94 valence electrons. The van der Waals surface area contributed by atoms with Crippen LogP contribution in [0, 0.1) is 20.8 Å². The fourth-order valence-electron chi connectivity index (χ4n) is 1.66. The Kier molecular flexibility index (Phi) is 3.34. The highest BCUT2D eigenvalue weighted by Gasteiger charge is 2.17. The van der Waals surface area contributed by atoms with Crippen molar-refractivity contribution in [3.05, 3.63) is 40.6 Å². The van der Waals surface area contributed by atoms with Gasteiger partial charge in [-0.2, -0.15) is 4.37 Å². The average Bonchev–Trinajstić information content (AvgIpc) is 2.65. The van der Waals surface area contributed by atoms with E-state index < -0.39 is 5.97 Å². The van der Waals surface area contributed by atoms with Gasteiger partial charge in [0, 0.05) is 5.69 Å². The number of carboxylic acids is 1. The maximum atomic E-state index is 11.1. The van der Waals surface area contributed by atoms with E-state index in [2.05, 4.69) is 9.69 Å². The van der Waals surface area contributed by atoms with Gasteiger partial charge in [-0.05, 0) is 55.6 Å². The summed E-state index contributed by atoms with van der Waals surface area (Å²) in [4.78, 5) is 11.1. The standard InChI is InChI=1S/C13H14N2O2S/c1-7-4-5-10(6-8(7)2)14-12-11(13(16)17)9(3)15-18-12/h4-6,14H,1-3H3,(H,16,17). The second-order valence-electron chi connectivity index (χ2n) is 4.20. The molecule has 0 radical (unpaired) electrons. The normalized spacial score (nSPS) is 10.4. The Bertz CT molecular complexity index is 605. The molecule has 2 aromatic rings. The maximum Gasteiger partial charge on any atom is 0.340 e. The molecule has 0 aliphatic heterocycles. The molecular formula is C13H14N2O2S. The first-order valence-electron chi connectivity index (χ1n) is 5.53. The van der Waals surface area contributed by atoms with Gasteiger partial charge in [-0.3, -0.25) is 0 Å². The van der Waals surface area contributed by atoms with Gasteiger partial charge < -0.3 is 10.4 Å². The van der Waals surface area contributed by atoms with E-state index in [0.29, 0.717) is 10.7 Å². The summed E-state index contributed by atoms with van der Waals surface area (Å²) in [6.07, 6.45) is 0. The molecule has 2 rings (SSSR count). The molecule has 0 spiro atoms. The van der Waals surface area contributed by atoms with Crippen LogP contribution in [0.3, 0.4) is 0 Å². The number of rotatable bonds is 3. The van der Waals surface area contributed by atoms with Crippen LogP contribution >= 0.6 is 11.5 Å². The number of hydrogen-bond donors (Lipinski definition) is 2. The van der Waals surface area contributed by atoms with Crippen LogP contribution in [0.4, 0.5) is 10.7 Å². The lowest BCUT2D eigenvalue weighted by Gasteiger charge is -2.07. The number of hydrogen-bond acceptors (Lipinski definition) is 4. The van der Waals surface area contributed by atoms with Crippen molar-refractivity contribution in [3.8, 4) is 0 Å². The monoisotopic (exact) mass is 262 g/mol. The van der Waals surface area contributed by atoms with Crippen molar-refractivity contribution in [1.29, 1.82) is 0 Å². The van der Waals surface area contributed by atoms with Crippen LogP contribution in [-0.4, -0.2) is 15.4 Å². The van der Waals surface area contributed by atoms with E-state index in [1.807, 2.05) is 32.0 Å². The molecule has 0 amide bonds. The van der Waals surface area contributed by atoms with Gasteiger partial charge in [0.15, 0.2) is 0 Å². The Balaban J connectivity index is 2.34. The molecule has 0 aliphatic carbocycles. The number of aromatic nitrogens is 1. The maximum absolute atomic E-state index is 11.1. The summed E-state index contributed by atoms with van der Waals surface area (Å²) in [6.45, 7) is 5.76. The number of nitrogens with one attached hydrogen (secondary N) is 1. The third kappa shape index (κ3) is 2.36. The van der Waals surface area contributed by atoms with E-state index in [0.717, 1.165) is 11.3 Å². The van der Waals surface area contributed by atoms with E-state index in [9.17, 15) is 4.79 Å². The molecule has 0 aliphatic rings. The van der Waals surface area contributed by atoms with Gasteiger partial charge in [-0.1, -0.05) is 6.07 Å². The zero-order chi connectivity index (χ0) is 13.3. The molecule has 0 unspecified atom stereocenters. The minimum absolute atomic E-state index is 0.248. The number of aromatic carboxylic acids is 1. The summed E-state index contributed by atoms with van der Waals surface area (Å²) in [7, 11) is 0. The third-order valence-corrected chi connectivity index (χ3v) is 3.70. The van der Waals surface area contributed by atoms with E-state index in [1.165, 1.54) is 17.1 Å². The second-order valence-corrected chi connectivity index (χ2v) is 4.97. The number of nitrogens with zero attached hydrogens (tertiary/aromatic N) is 1. The van der Waals surface area contributed by atoms with Gasteiger partial charge in [-0.15, -0.1) is 0 Å². The number of aryl methyl sites for hydroxylation is 3. The van der Waals surface area contributed by atoms with Crippen LogP contribution in [-0.2, 0) is 0 Å². The number of anilines is 2. The lowest BCUT2D eigenvalue weighted by molar-refractivity contribution is 0.0697. The molecular weight excluding hydrogens is 248 g/mol. The summed E-state index contributed by atoms with van der Waals surface area (Å²) < 4.78 is 4.07. The molecule has 0 atom stereocenters. The van der Waals surface area contributed by atoms with E-state index in [4.69, 9.17) is 5.11 Å². The predicted molar refractivity (Wildman–Crippen MR) is 73.0 cm³/mol. The average molecular weight is 262 g/mol. The lowest BCUT2D eigenvalue weighted by Crippen LogP contribution is -2.01. The van der Waals surface area contributed by atoms with E-state index >= 15 is 0 Å². The molecule has 2 N–H and O–H groups in total. The molecule has 0 bridgehead atoms. The Morgan fingerprint density at radius 1 is 1.28 bits per heavy atom. The van der Waals surface area contributed by atoms with Gasteiger partial charge in [0.2, 0.25) is 0 Å². The van der Waals surface area contributed by atoms with Crippen molar-refractivity contribution in [2.45, 2.75) is 20.8 Å². The van der Waals surface area contributed by atoms with Crippen molar-refractivity contribution >= 4 is 28.2 Å². The number of carboxylic acid groups (broad SMARTS) is 1. The lowest BCUT2D eigenvalue weighted by atomic mass is 10.1. The number of carbonyl (C=O) groups is 1. The first-order chi connectivity index (χ1) is 8.49. The Labute approximate surface area is 109 Å². The van der Waals surface area contributed by atoms with Crippen LogP contribution in [0.25, 0.3) is 0 Å². The van der Waals surface area contributed by atoms with Crippen LogP contribution in [0.5, 0.6) is 0 Å². The zero-order valence-corrected chi connectivity index (χ0v) is 11.3. The highest BCUT2D eigenvalue weighted by Crippen LogP contribution is 2.28. The highest BCUT2D eigenvalue weighted by molar-refractivity contribution is 7.10. The molecule has 0 saturated heterocycles. The highest BCUT2D eigenvalue weighted by atomic mass is 32.1. The molecule has 1 aromatic carbocycles. The molecule has 4 nitrogen and oxygen atoms in total. The van der Waals surface area contributed by atoms with E-state index in [1.54, 1.807) is 6.92 Å². The predicted octanol–water partition coefficient (Wildman–Crippen LogP) is 3.51. The van der Waals surface area contributed by atoms with Gasteiger partial charge in [-0.25, -0.2) is 4.79 Å². The fourth-order valence-corrected chi connectivity index (χ4v) is 2.47. The van der Waals surface area contributed by atoms with Crippen molar-refractivity contribution in [2.75, 3.05) is 5.32 Å². The van der Waals surface area contributed by atoms with Crippen molar-refractivity contribution in [2.24, 2.45) is 0 Å². The van der Waals surface area contributed by atoms with Gasteiger partial charge in [0.05, 0.1) is 5.69 Å². The van der Waals surface area contributed by atoms with Crippen LogP contribution in [0.2, 0.25) is 0 Å². The van der Waals surface area contributed by atoms with Crippen LogP contribution < -0.4 is 5.32 Å². The van der Waals surface area contributed by atoms with Crippen molar-refractivity contribution < 1.29 is 9.90 Å². The van der Waals surface area contributed by atoms with Gasteiger partial charge >= 0.3 is 5.97 Å². The largest absolute Gasteiger partial charge is 0.478 e. The van der Waals surface area contributed by atoms with Gasteiger partial charge in [0.25, 0.3) is 0 Å². The zero-order valence-electron chi connectivity index (χ0n) is 10.4. The summed E-state index contributed by atoms with van der Waals surface area (Å²) in [5.74, 6) is -0.951. The molecule has 0 saturated carbocycles. The quantitative estimate of drug-likeness (QED) is 0.888.